The number of aryl methyl sites for hydroxylation is 1. The van der Waals surface area contributed by atoms with Gasteiger partial charge in [-0.2, -0.15) is 0 Å². The number of para-hydroxylation sites is 1. The Hall–Kier alpha value is -3.39. The number of carbonyl (C=O) groups is 1. The Morgan fingerprint density at radius 3 is 2.67 bits per heavy atom. The normalized spacial score (nSPS) is 14.1. The molecule has 1 amide bonds. The number of pyridine rings is 1. The van der Waals surface area contributed by atoms with Crippen LogP contribution < -0.4 is 11.2 Å². The molecule has 0 bridgehead atoms. The van der Waals surface area contributed by atoms with Gasteiger partial charge in [0.2, 0.25) is 11.1 Å². The summed E-state index contributed by atoms with van der Waals surface area (Å²) in [6.45, 7) is 2.06. The van der Waals surface area contributed by atoms with Crippen molar-refractivity contribution in [2.75, 3.05) is 11.6 Å². The first-order valence-electron chi connectivity index (χ1n) is 11.2. The molecule has 0 radical (unpaired) electrons. The lowest BCUT2D eigenvalue weighted by Gasteiger charge is -2.11. The lowest BCUT2D eigenvalue weighted by molar-refractivity contribution is -0.119. The van der Waals surface area contributed by atoms with Crippen molar-refractivity contribution in [3.8, 4) is 22.6 Å². The molecule has 3 N–H and O–H groups in total. The number of nitrogens with one attached hydrogen (secondary N) is 1. The van der Waals surface area contributed by atoms with Crippen LogP contribution in [0.4, 0.5) is 0 Å². The zero-order chi connectivity index (χ0) is 22.8. The number of rotatable bonds is 6. The van der Waals surface area contributed by atoms with E-state index >= 15 is 0 Å². The predicted octanol–water partition coefficient (Wildman–Crippen LogP) is 4.33. The summed E-state index contributed by atoms with van der Waals surface area (Å²) >= 11 is 1.30. The minimum atomic E-state index is 0.00692. The summed E-state index contributed by atoms with van der Waals surface area (Å²) in [7, 11) is 0. The Kier molecular flexibility index (Phi) is 6.00. The van der Waals surface area contributed by atoms with Crippen LogP contribution >= 0.6 is 11.8 Å². The number of aromatic nitrogens is 4. The van der Waals surface area contributed by atoms with E-state index in [4.69, 9.17) is 10.8 Å². The van der Waals surface area contributed by atoms with Crippen molar-refractivity contribution in [1.82, 2.24) is 25.2 Å². The van der Waals surface area contributed by atoms with Crippen molar-refractivity contribution in [1.29, 1.82) is 0 Å². The number of hydrogen-bond acceptors (Lipinski definition) is 6. The average molecular weight is 459 g/mol. The van der Waals surface area contributed by atoms with Gasteiger partial charge in [0.05, 0.1) is 17.0 Å². The van der Waals surface area contributed by atoms with E-state index in [0.29, 0.717) is 17.0 Å². The summed E-state index contributed by atoms with van der Waals surface area (Å²) in [5, 5.41) is 13.2. The van der Waals surface area contributed by atoms with E-state index in [1.807, 2.05) is 30.3 Å². The zero-order valence-corrected chi connectivity index (χ0v) is 19.3. The molecule has 1 aliphatic carbocycles. The number of benzene rings is 2. The molecule has 2 aromatic heterocycles. The fraction of sp³-hybridized carbons (Fsp3) is 0.280. The second-order valence-electron chi connectivity index (χ2n) is 8.45. The highest BCUT2D eigenvalue weighted by Gasteiger charge is 2.20. The predicted molar refractivity (Wildman–Crippen MR) is 132 cm³/mol. The van der Waals surface area contributed by atoms with Gasteiger partial charge < -0.3 is 11.2 Å². The largest absolute Gasteiger partial charge is 0.353 e. The van der Waals surface area contributed by atoms with E-state index in [-0.39, 0.29) is 11.7 Å². The van der Waals surface area contributed by atoms with E-state index in [2.05, 4.69) is 46.7 Å². The fourth-order valence-corrected chi connectivity index (χ4v) is 4.93. The molecule has 0 saturated heterocycles. The molecular formula is C25H26N6OS. The van der Waals surface area contributed by atoms with E-state index in [1.54, 1.807) is 0 Å². The molecule has 7 nitrogen and oxygen atoms in total. The molecule has 0 atom stereocenters. The first-order valence-corrected chi connectivity index (χ1v) is 12.2. The highest BCUT2D eigenvalue weighted by Crippen LogP contribution is 2.32. The number of hydrogen-bond donors (Lipinski definition) is 2. The Bertz CT molecular complexity index is 1290. The van der Waals surface area contributed by atoms with Crippen LogP contribution in [-0.2, 0) is 4.79 Å². The standard InChI is InChI=1S/C25H26N6OS/c1-16-10-12-17(13-11-16)22-14-20(19-8-4-5-9-21(19)28-22)24-29-30-25(31(24)26)33-15-23(32)27-18-6-2-3-7-18/h4-5,8-14,18H,2-3,6-7,15,26H2,1H3,(H,27,32). The van der Waals surface area contributed by atoms with Gasteiger partial charge in [-0.15, -0.1) is 10.2 Å². The minimum Gasteiger partial charge on any atom is -0.353 e. The summed E-state index contributed by atoms with van der Waals surface area (Å²) in [5.74, 6) is 7.21. The van der Waals surface area contributed by atoms with Gasteiger partial charge in [0.15, 0.2) is 5.82 Å². The van der Waals surface area contributed by atoms with Gasteiger partial charge in [-0.25, -0.2) is 9.66 Å². The van der Waals surface area contributed by atoms with Crippen LogP contribution in [0.15, 0.2) is 59.8 Å². The molecule has 1 aliphatic rings. The summed E-state index contributed by atoms with van der Waals surface area (Å²) in [6, 6.07) is 18.5. The first kappa shape index (κ1) is 21.5. The number of nitrogen functional groups attached to an aromatic ring is 1. The third-order valence-electron chi connectivity index (χ3n) is 6.02. The number of carbonyl (C=O) groups excluding carboxylic acids is 1. The molecule has 0 spiro atoms. The monoisotopic (exact) mass is 458 g/mol. The van der Waals surface area contributed by atoms with Crippen LogP contribution in [0.5, 0.6) is 0 Å². The Balaban J connectivity index is 1.44. The molecule has 1 saturated carbocycles. The highest BCUT2D eigenvalue weighted by atomic mass is 32.2. The lowest BCUT2D eigenvalue weighted by Crippen LogP contribution is -2.34. The molecule has 2 aromatic carbocycles. The van der Waals surface area contributed by atoms with Crippen LogP contribution in [0.2, 0.25) is 0 Å². The quantitative estimate of drug-likeness (QED) is 0.330. The zero-order valence-electron chi connectivity index (χ0n) is 18.5. The van der Waals surface area contributed by atoms with Crippen molar-refractivity contribution < 1.29 is 4.79 Å². The van der Waals surface area contributed by atoms with Crippen molar-refractivity contribution >= 4 is 28.6 Å². The van der Waals surface area contributed by atoms with Gasteiger partial charge in [-0.3, -0.25) is 4.79 Å². The summed E-state index contributed by atoms with van der Waals surface area (Å²) in [5.41, 5.74) is 4.78. The van der Waals surface area contributed by atoms with E-state index < -0.39 is 0 Å². The van der Waals surface area contributed by atoms with E-state index in [9.17, 15) is 4.79 Å². The molecule has 0 unspecified atom stereocenters. The van der Waals surface area contributed by atoms with Crippen molar-refractivity contribution in [2.24, 2.45) is 0 Å². The number of fused-ring (bicyclic) bond motifs is 1. The molecule has 8 heteroatoms. The van der Waals surface area contributed by atoms with Crippen molar-refractivity contribution in [3.05, 3.63) is 60.2 Å². The van der Waals surface area contributed by atoms with Gasteiger partial charge in [0, 0.05) is 22.6 Å². The highest BCUT2D eigenvalue weighted by molar-refractivity contribution is 7.99. The molecule has 4 aromatic rings. The van der Waals surface area contributed by atoms with Gasteiger partial charge in [-0.05, 0) is 31.9 Å². The van der Waals surface area contributed by atoms with Crippen LogP contribution in [0.25, 0.3) is 33.5 Å². The maximum atomic E-state index is 12.3. The van der Waals surface area contributed by atoms with E-state index in [1.165, 1.54) is 34.8 Å². The molecule has 168 valence electrons. The SMILES string of the molecule is Cc1ccc(-c2cc(-c3nnc(SCC(=O)NC4CCCC4)n3N)c3ccccc3n2)cc1. The number of nitrogens with zero attached hydrogens (tertiary/aromatic N) is 4. The van der Waals surface area contributed by atoms with Gasteiger partial charge in [0.25, 0.3) is 0 Å². The van der Waals surface area contributed by atoms with Gasteiger partial charge >= 0.3 is 0 Å². The number of nitrogens with two attached hydrogens (primary N) is 1. The Morgan fingerprint density at radius 2 is 1.88 bits per heavy atom. The lowest BCUT2D eigenvalue weighted by atomic mass is 10.0. The van der Waals surface area contributed by atoms with Crippen LogP contribution in [0.3, 0.4) is 0 Å². The maximum absolute atomic E-state index is 12.3. The fourth-order valence-electron chi connectivity index (χ4n) is 4.26. The van der Waals surface area contributed by atoms with Gasteiger partial charge in [-0.1, -0.05) is 72.6 Å². The molecular weight excluding hydrogens is 432 g/mol. The summed E-state index contributed by atoms with van der Waals surface area (Å²) in [6.07, 6.45) is 4.49. The van der Waals surface area contributed by atoms with Crippen molar-refractivity contribution in [2.45, 2.75) is 43.8 Å². The van der Waals surface area contributed by atoms with Crippen LogP contribution in [0, 0.1) is 6.92 Å². The van der Waals surface area contributed by atoms with Crippen molar-refractivity contribution in [3.63, 3.8) is 0 Å². The van der Waals surface area contributed by atoms with Crippen LogP contribution in [-0.4, -0.2) is 37.6 Å². The molecule has 0 aliphatic heterocycles. The first-order chi connectivity index (χ1) is 16.1. The summed E-state index contributed by atoms with van der Waals surface area (Å²) < 4.78 is 1.47. The summed E-state index contributed by atoms with van der Waals surface area (Å²) in [4.78, 5) is 17.2. The smallest absolute Gasteiger partial charge is 0.230 e. The maximum Gasteiger partial charge on any atom is 0.230 e. The molecule has 1 fully saturated rings. The topological polar surface area (TPSA) is 98.7 Å². The molecule has 33 heavy (non-hydrogen) atoms. The second-order valence-corrected chi connectivity index (χ2v) is 9.39. The third-order valence-corrected chi connectivity index (χ3v) is 6.96. The third kappa shape index (κ3) is 4.57. The Morgan fingerprint density at radius 1 is 1.12 bits per heavy atom. The van der Waals surface area contributed by atoms with Gasteiger partial charge in [0.1, 0.15) is 0 Å². The number of thioether (sulfide) groups is 1. The Labute approximate surface area is 196 Å². The minimum absolute atomic E-state index is 0.00692. The molecule has 5 rings (SSSR count). The van der Waals surface area contributed by atoms with Crippen LogP contribution in [0.1, 0.15) is 31.2 Å². The van der Waals surface area contributed by atoms with E-state index in [0.717, 1.165) is 40.6 Å². The number of amides is 1. The average Bonchev–Trinajstić information content (AvgIpc) is 3.47. The molecule has 2 heterocycles. The second kappa shape index (κ2) is 9.23.